The van der Waals surface area contributed by atoms with Crippen LogP contribution in [0.25, 0.3) is 0 Å². The van der Waals surface area contributed by atoms with Gasteiger partial charge in [0.15, 0.2) is 5.96 Å². The molecule has 0 fully saturated rings. The first kappa shape index (κ1) is 21.2. The van der Waals surface area contributed by atoms with Crippen LogP contribution in [0.2, 0.25) is 0 Å². The maximum atomic E-state index is 12.9. The quantitative estimate of drug-likeness (QED) is 0.244. The van der Waals surface area contributed by atoms with Crippen LogP contribution in [0.15, 0.2) is 51.7 Å². The van der Waals surface area contributed by atoms with Gasteiger partial charge < -0.3 is 16.0 Å². The molecule has 146 valence electrons. The van der Waals surface area contributed by atoms with Crippen molar-refractivity contribution in [1.29, 1.82) is 0 Å². The van der Waals surface area contributed by atoms with Gasteiger partial charge in [-0.2, -0.15) is 0 Å². The van der Waals surface area contributed by atoms with E-state index in [0.717, 1.165) is 47.4 Å². The number of nitrogens with zero attached hydrogens (tertiary/aromatic N) is 1. The molecule has 0 radical (unpaired) electrons. The molecule has 0 saturated heterocycles. The number of amides is 1. The largest absolute Gasteiger partial charge is 0.356 e. The Hall–Kier alpha value is -2.06. The van der Waals surface area contributed by atoms with Crippen LogP contribution in [0.1, 0.15) is 22.5 Å². The predicted molar refractivity (Wildman–Crippen MR) is 112 cm³/mol. The fourth-order valence-corrected chi connectivity index (χ4v) is 3.71. The van der Waals surface area contributed by atoms with Gasteiger partial charge in [-0.25, -0.2) is 4.39 Å². The summed E-state index contributed by atoms with van der Waals surface area (Å²) in [4.78, 5) is 17.8. The molecule has 1 aromatic carbocycles. The van der Waals surface area contributed by atoms with E-state index in [-0.39, 0.29) is 11.7 Å². The van der Waals surface area contributed by atoms with Gasteiger partial charge in [0.05, 0.1) is 4.88 Å². The Balaban J connectivity index is 1.50. The van der Waals surface area contributed by atoms with Crippen molar-refractivity contribution in [2.45, 2.75) is 17.7 Å². The van der Waals surface area contributed by atoms with Gasteiger partial charge in [0.1, 0.15) is 5.82 Å². The molecule has 0 bridgehead atoms. The number of rotatable bonds is 10. The number of thiophene rings is 1. The summed E-state index contributed by atoms with van der Waals surface area (Å²) in [6, 6.07) is 10.2. The number of hydrogen-bond donors (Lipinski definition) is 3. The number of thioether (sulfide) groups is 1. The topological polar surface area (TPSA) is 65.5 Å². The molecule has 0 aliphatic carbocycles. The highest BCUT2D eigenvalue weighted by Crippen LogP contribution is 2.18. The van der Waals surface area contributed by atoms with Crippen molar-refractivity contribution >= 4 is 35.0 Å². The second-order valence-corrected chi connectivity index (χ2v) is 7.78. The summed E-state index contributed by atoms with van der Waals surface area (Å²) >= 11 is 3.15. The molecule has 2 rings (SSSR count). The maximum absolute atomic E-state index is 12.9. The molecule has 0 unspecified atom stereocenters. The average molecular weight is 409 g/mol. The molecule has 0 aliphatic rings. The zero-order valence-electron chi connectivity index (χ0n) is 15.3. The van der Waals surface area contributed by atoms with E-state index in [4.69, 9.17) is 0 Å². The number of guanidine groups is 1. The first-order chi connectivity index (χ1) is 13.2. The Morgan fingerprint density at radius 1 is 1.07 bits per heavy atom. The van der Waals surface area contributed by atoms with Crippen LogP contribution in [0, 0.1) is 5.82 Å². The van der Waals surface area contributed by atoms with Crippen molar-refractivity contribution in [3.05, 3.63) is 52.5 Å². The molecule has 3 N–H and O–H groups in total. The second kappa shape index (κ2) is 12.3. The van der Waals surface area contributed by atoms with E-state index < -0.39 is 0 Å². The Labute approximate surface area is 167 Å². The van der Waals surface area contributed by atoms with Gasteiger partial charge in [-0.1, -0.05) is 6.07 Å². The molecule has 0 atom stereocenters. The highest BCUT2D eigenvalue weighted by molar-refractivity contribution is 7.99. The van der Waals surface area contributed by atoms with E-state index in [0.29, 0.717) is 6.54 Å². The second-order valence-electron chi connectivity index (χ2n) is 5.67. The van der Waals surface area contributed by atoms with Crippen molar-refractivity contribution in [2.24, 2.45) is 4.99 Å². The van der Waals surface area contributed by atoms with Gasteiger partial charge in [-0.3, -0.25) is 9.79 Å². The third kappa shape index (κ3) is 8.45. The minimum atomic E-state index is -0.207. The normalized spacial score (nSPS) is 11.3. The summed E-state index contributed by atoms with van der Waals surface area (Å²) in [5.74, 6) is 1.48. The molecular formula is C19H25FN4OS2. The van der Waals surface area contributed by atoms with Crippen molar-refractivity contribution in [1.82, 2.24) is 16.0 Å². The van der Waals surface area contributed by atoms with Crippen molar-refractivity contribution in [3.63, 3.8) is 0 Å². The minimum absolute atomic E-state index is 0.0221. The molecule has 1 aromatic heterocycles. The number of nitrogens with one attached hydrogen (secondary N) is 3. The lowest BCUT2D eigenvalue weighted by atomic mass is 10.4. The fraction of sp³-hybridized carbons (Fsp3) is 0.368. The number of carbonyl (C=O) groups excluding carboxylic acids is 1. The predicted octanol–water partition coefficient (Wildman–Crippen LogP) is 3.35. The average Bonchev–Trinajstić information content (AvgIpc) is 3.22. The summed E-state index contributed by atoms with van der Waals surface area (Å²) in [5, 5.41) is 11.3. The third-order valence-electron chi connectivity index (χ3n) is 3.60. The number of carbonyl (C=O) groups is 1. The first-order valence-corrected chi connectivity index (χ1v) is 10.7. The lowest BCUT2D eigenvalue weighted by molar-refractivity contribution is 0.0957. The van der Waals surface area contributed by atoms with Crippen molar-refractivity contribution < 1.29 is 9.18 Å². The van der Waals surface area contributed by atoms with Gasteiger partial charge in [0.2, 0.25) is 0 Å². The van der Waals surface area contributed by atoms with E-state index >= 15 is 0 Å². The van der Waals surface area contributed by atoms with Crippen LogP contribution in [0.3, 0.4) is 0 Å². The number of halogens is 1. The van der Waals surface area contributed by atoms with Crippen LogP contribution in [-0.4, -0.2) is 44.3 Å². The van der Waals surface area contributed by atoms with Crippen molar-refractivity contribution in [2.75, 3.05) is 32.4 Å². The molecule has 1 heterocycles. The highest BCUT2D eigenvalue weighted by atomic mass is 32.2. The molecule has 0 spiro atoms. The van der Waals surface area contributed by atoms with Crippen LogP contribution in [0.5, 0.6) is 0 Å². The van der Waals surface area contributed by atoms with Crippen LogP contribution < -0.4 is 16.0 Å². The fourth-order valence-electron chi connectivity index (χ4n) is 2.21. The van der Waals surface area contributed by atoms with Crippen LogP contribution >= 0.6 is 23.1 Å². The number of aliphatic imine (C=N–C) groups is 1. The summed E-state index contributed by atoms with van der Waals surface area (Å²) in [5.41, 5.74) is 0. The van der Waals surface area contributed by atoms with E-state index in [2.05, 4.69) is 20.9 Å². The number of benzene rings is 1. The van der Waals surface area contributed by atoms with Gasteiger partial charge >= 0.3 is 0 Å². The summed E-state index contributed by atoms with van der Waals surface area (Å²) in [7, 11) is 1.74. The zero-order valence-corrected chi connectivity index (χ0v) is 17.0. The van der Waals surface area contributed by atoms with Gasteiger partial charge in [-0.15, -0.1) is 23.1 Å². The third-order valence-corrected chi connectivity index (χ3v) is 5.56. The van der Waals surface area contributed by atoms with E-state index in [1.165, 1.54) is 23.5 Å². The first-order valence-electron chi connectivity index (χ1n) is 8.83. The SMILES string of the molecule is CN=C(NCCCNC(=O)c1cccs1)NCCCSc1ccc(F)cc1. The molecule has 27 heavy (non-hydrogen) atoms. The van der Waals surface area contributed by atoms with E-state index in [1.54, 1.807) is 30.9 Å². The summed E-state index contributed by atoms with van der Waals surface area (Å²) in [6.45, 7) is 2.16. The Morgan fingerprint density at radius 3 is 2.44 bits per heavy atom. The lowest BCUT2D eigenvalue weighted by Gasteiger charge is -2.12. The molecule has 1 amide bonds. The summed E-state index contributed by atoms with van der Waals surface area (Å²) < 4.78 is 12.9. The molecular weight excluding hydrogens is 383 g/mol. The maximum Gasteiger partial charge on any atom is 0.261 e. The van der Waals surface area contributed by atoms with Crippen LogP contribution in [-0.2, 0) is 0 Å². The lowest BCUT2D eigenvalue weighted by Crippen LogP contribution is -2.39. The smallest absolute Gasteiger partial charge is 0.261 e. The van der Waals surface area contributed by atoms with E-state index in [1.807, 2.05) is 17.5 Å². The zero-order chi connectivity index (χ0) is 19.3. The van der Waals surface area contributed by atoms with Crippen LogP contribution in [0.4, 0.5) is 4.39 Å². The summed E-state index contributed by atoms with van der Waals surface area (Å²) in [6.07, 6.45) is 1.79. The number of hydrogen-bond acceptors (Lipinski definition) is 4. The van der Waals surface area contributed by atoms with E-state index in [9.17, 15) is 9.18 Å². The molecule has 0 saturated carbocycles. The molecule has 2 aromatic rings. The standard InChI is InChI=1S/C19H25FN4OS2/c1-21-19(23-11-3-10-22-18(25)17-5-2-13-27-17)24-12-4-14-26-16-8-6-15(20)7-9-16/h2,5-9,13H,3-4,10-12,14H2,1H3,(H,22,25)(H2,21,23,24). The van der Waals surface area contributed by atoms with Crippen molar-refractivity contribution in [3.8, 4) is 0 Å². The van der Waals surface area contributed by atoms with Gasteiger partial charge in [0, 0.05) is 31.6 Å². The Morgan fingerprint density at radius 2 is 1.78 bits per heavy atom. The Bertz CT molecular complexity index is 705. The van der Waals surface area contributed by atoms with Gasteiger partial charge in [0.25, 0.3) is 5.91 Å². The molecule has 8 heteroatoms. The molecule has 0 aliphatic heterocycles. The molecule has 5 nitrogen and oxygen atoms in total. The minimum Gasteiger partial charge on any atom is -0.356 e. The highest BCUT2D eigenvalue weighted by Gasteiger charge is 2.04. The van der Waals surface area contributed by atoms with Gasteiger partial charge in [-0.05, 0) is 54.3 Å². The monoisotopic (exact) mass is 408 g/mol. The Kier molecular flexibility index (Phi) is 9.72.